The molecule has 1 aliphatic heterocycles. The number of nitrogens with zero attached hydrogens (tertiary/aromatic N) is 1. The van der Waals surface area contributed by atoms with Crippen LogP contribution in [0.1, 0.15) is 55.3 Å². The minimum Gasteiger partial charge on any atom is -0.381 e. The summed E-state index contributed by atoms with van der Waals surface area (Å²) in [6.45, 7) is 1.01. The van der Waals surface area contributed by atoms with Gasteiger partial charge in [-0.05, 0) is 49.9 Å². The van der Waals surface area contributed by atoms with E-state index in [0.717, 1.165) is 12.8 Å². The van der Waals surface area contributed by atoms with Gasteiger partial charge in [0, 0.05) is 37.6 Å². The van der Waals surface area contributed by atoms with E-state index < -0.39 is 5.54 Å². The van der Waals surface area contributed by atoms with Gasteiger partial charge in [-0.2, -0.15) is 0 Å². The van der Waals surface area contributed by atoms with Crippen LogP contribution in [-0.4, -0.2) is 48.6 Å². The topological polar surface area (TPSA) is 84.7 Å². The molecule has 1 aliphatic carbocycles. The first-order valence-electron chi connectivity index (χ1n) is 9.55. The third-order valence-electron chi connectivity index (χ3n) is 5.67. The summed E-state index contributed by atoms with van der Waals surface area (Å²) >= 11 is 0. The largest absolute Gasteiger partial charge is 0.381 e. The molecule has 3 rings (SSSR count). The minimum atomic E-state index is -0.881. The molecular weight excluding hydrogens is 330 g/mol. The Morgan fingerprint density at radius 3 is 2.35 bits per heavy atom. The summed E-state index contributed by atoms with van der Waals surface area (Å²) in [7, 11) is 1.89. The highest BCUT2D eigenvalue weighted by Gasteiger charge is 2.35. The van der Waals surface area contributed by atoms with E-state index in [1.54, 1.807) is 24.3 Å². The summed E-state index contributed by atoms with van der Waals surface area (Å²) in [5.74, 6) is -0.159. The standard InChI is InChI=1S/C20H29N3O3/c1-23(17-5-3-2-4-6-17)18(24)15-7-9-16(10-8-15)22-19(25)20(21)11-13-26-14-12-20/h7-10,17H,2-6,11-14,21H2,1H3,(H,22,25). The maximum atomic E-state index is 12.7. The third-order valence-corrected chi connectivity index (χ3v) is 5.67. The highest BCUT2D eigenvalue weighted by Crippen LogP contribution is 2.24. The molecule has 26 heavy (non-hydrogen) atoms. The van der Waals surface area contributed by atoms with Gasteiger partial charge in [-0.25, -0.2) is 0 Å². The molecule has 0 atom stereocenters. The van der Waals surface area contributed by atoms with Crippen molar-refractivity contribution in [1.82, 2.24) is 4.90 Å². The Kier molecular flexibility index (Phi) is 5.94. The van der Waals surface area contributed by atoms with Gasteiger partial charge in [0.2, 0.25) is 5.91 Å². The van der Waals surface area contributed by atoms with Crippen LogP contribution in [0.25, 0.3) is 0 Å². The second kappa shape index (κ2) is 8.18. The van der Waals surface area contributed by atoms with Crippen molar-refractivity contribution in [3.63, 3.8) is 0 Å². The molecule has 2 aliphatic rings. The summed E-state index contributed by atoms with van der Waals surface area (Å²) < 4.78 is 5.28. The van der Waals surface area contributed by atoms with Gasteiger partial charge in [0.25, 0.3) is 5.91 Å². The molecular formula is C20H29N3O3. The van der Waals surface area contributed by atoms with Gasteiger partial charge in [-0.15, -0.1) is 0 Å². The van der Waals surface area contributed by atoms with Gasteiger partial charge in [0.1, 0.15) is 5.54 Å². The molecule has 0 radical (unpaired) electrons. The monoisotopic (exact) mass is 359 g/mol. The minimum absolute atomic E-state index is 0.0366. The number of hydrogen-bond acceptors (Lipinski definition) is 4. The number of carbonyl (C=O) groups excluding carboxylic acids is 2. The molecule has 6 nitrogen and oxygen atoms in total. The number of anilines is 1. The van der Waals surface area contributed by atoms with E-state index in [2.05, 4.69) is 5.32 Å². The molecule has 142 valence electrons. The molecule has 2 amide bonds. The predicted octanol–water partition coefficient (Wildman–Crippen LogP) is 2.54. The molecule has 0 aromatic heterocycles. The molecule has 0 unspecified atom stereocenters. The fraction of sp³-hybridized carbons (Fsp3) is 0.600. The van der Waals surface area contributed by atoms with Crippen molar-refractivity contribution >= 4 is 17.5 Å². The quantitative estimate of drug-likeness (QED) is 0.865. The maximum Gasteiger partial charge on any atom is 0.253 e. The molecule has 1 saturated carbocycles. The van der Waals surface area contributed by atoms with E-state index in [0.29, 0.717) is 43.3 Å². The van der Waals surface area contributed by atoms with E-state index in [1.807, 2.05) is 11.9 Å². The van der Waals surface area contributed by atoms with Gasteiger partial charge < -0.3 is 20.7 Å². The molecule has 0 spiro atoms. The number of amides is 2. The first-order chi connectivity index (χ1) is 12.5. The molecule has 2 fully saturated rings. The lowest BCUT2D eigenvalue weighted by Crippen LogP contribution is -2.54. The third kappa shape index (κ3) is 4.24. The Balaban J connectivity index is 1.60. The molecule has 3 N–H and O–H groups in total. The summed E-state index contributed by atoms with van der Waals surface area (Å²) in [5, 5.41) is 2.87. The van der Waals surface area contributed by atoms with Crippen LogP contribution < -0.4 is 11.1 Å². The van der Waals surface area contributed by atoms with Crippen LogP contribution >= 0.6 is 0 Å². The second-order valence-corrected chi connectivity index (χ2v) is 7.51. The van der Waals surface area contributed by atoms with Crippen molar-refractivity contribution in [3.8, 4) is 0 Å². The Morgan fingerprint density at radius 2 is 1.73 bits per heavy atom. The smallest absolute Gasteiger partial charge is 0.253 e. The fourth-order valence-corrected chi connectivity index (χ4v) is 3.75. The molecule has 0 bridgehead atoms. The van der Waals surface area contributed by atoms with Gasteiger partial charge >= 0.3 is 0 Å². The highest BCUT2D eigenvalue weighted by atomic mass is 16.5. The number of nitrogens with two attached hydrogens (primary N) is 1. The van der Waals surface area contributed by atoms with Crippen molar-refractivity contribution < 1.29 is 14.3 Å². The van der Waals surface area contributed by atoms with Gasteiger partial charge in [0.05, 0.1) is 0 Å². The molecule has 1 aromatic carbocycles. The SMILES string of the molecule is CN(C(=O)c1ccc(NC(=O)C2(N)CCOCC2)cc1)C1CCCCC1. The zero-order valence-electron chi connectivity index (χ0n) is 15.5. The van der Waals surface area contributed by atoms with Crippen LogP contribution in [0.5, 0.6) is 0 Å². The first-order valence-corrected chi connectivity index (χ1v) is 9.55. The van der Waals surface area contributed by atoms with Crippen molar-refractivity contribution in [2.45, 2.75) is 56.5 Å². The summed E-state index contributed by atoms with van der Waals surface area (Å²) in [6.07, 6.45) is 6.85. The van der Waals surface area contributed by atoms with E-state index in [1.165, 1.54) is 19.3 Å². The van der Waals surface area contributed by atoms with Crippen LogP contribution in [-0.2, 0) is 9.53 Å². The molecule has 1 aromatic rings. The predicted molar refractivity (Wildman–Crippen MR) is 101 cm³/mol. The van der Waals surface area contributed by atoms with Crippen LogP contribution in [0, 0.1) is 0 Å². The average Bonchev–Trinajstić information content (AvgIpc) is 2.68. The van der Waals surface area contributed by atoms with E-state index in [4.69, 9.17) is 10.5 Å². The number of rotatable bonds is 4. The van der Waals surface area contributed by atoms with Crippen LogP contribution in [0.2, 0.25) is 0 Å². The van der Waals surface area contributed by atoms with Crippen LogP contribution in [0.15, 0.2) is 24.3 Å². The molecule has 1 heterocycles. The van der Waals surface area contributed by atoms with Crippen molar-refractivity contribution in [2.75, 3.05) is 25.6 Å². The van der Waals surface area contributed by atoms with Gasteiger partial charge in [-0.3, -0.25) is 9.59 Å². The number of nitrogens with one attached hydrogen (secondary N) is 1. The molecule has 1 saturated heterocycles. The number of ether oxygens (including phenoxy) is 1. The summed E-state index contributed by atoms with van der Waals surface area (Å²) in [6, 6.07) is 7.40. The van der Waals surface area contributed by atoms with Gasteiger partial charge in [0.15, 0.2) is 0 Å². The highest BCUT2D eigenvalue weighted by molar-refractivity contribution is 5.99. The zero-order chi connectivity index (χ0) is 18.6. The Bertz CT molecular complexity index is 632. The summed E-state index contributed by atoms with van der Waals surface area (Å²) in [4.78, 5) is 27.0. The average molecular weight is 359 g/mol. The first kappa shape index (κ1) is 18.9. The molecule has 6 heteroatoms. The second-order valence-electron chi connectivity index (χ2n) is 7.51. The summed E-state index contributed by atoms with van der Waals surface area (Å²) in [5.41, 5.74) is 6.62. The van der Waals surface area contributed by atoms with E-state index in [9.17, 15) is 9.59 Å². The Morgan fingerprint density at radius 1 is 1.12 bits per heavy atom. The lowest BCUT2D eigenvalue weighted by molar-refractivity contribution is -0.124. The zero-order valence-corrected chi connectivity index (χ0v) is 15.5. The Hall–Kier alpha value is -1.92. The number of carbonyl (C=O) groups is 2. The maximum absolute atomic E-state index is 12.7. The lowest BCUT2D eigenvalue weighted by Gasteiger charge is -2.32. The van der Waals surface area contributed by atoms with Crippen LogP contribution in [0.3, 0.4) is 0 Å². The van der Waals surface area contributed by atoms with Crippen molar-refractivity contribution in [2.24, 2.45) is 5.73 Å². The Labute approximate surface area is 155 Å². The lowest BCUT2D eigenvalue weighted by atomic mass is 9.90. The fourth-order valence-electron chi connectivity index (χ4n) is 3.75. The number of benzene rings is 1. The normalized spacial score (nSPS) is 20.4. The van der Waals surface area contributed by atoms with Crippen molar-refractivity contribution in [1.29, 1.82) is 0 Å². The number of hydrogen-bond donors (Lipinski definition) is 2. The van der Waals surface area contributed by atoms with E-state index in [-0.39, 0.29) is 11.8 Å². The van der Waals surface area contributed by atoms with Crippen LogP contribution in [0.4, 0.5) is 5.69 Å². The van der Waals surface area contributed by atoms with E-state index >= 15 is 0 Å². The van der Waals surface area contributed by atoms with Gasteiger partial charge in [-0.1, -0.05) is 19.3 Å². The van der Waals surface area contributed by atoms with Crippen molar-refractivity contribution in [3.05, 3.63) is 29.8 Å².